The van der Waals surface area contributed by atoms with Crippen molar-refractivity contribution in [2.75, 3.05) is 0 Å². The molecule has 1 atom stereocenters. The van der Waals surface area contributed by atoms with E-state index in [2.05, 4.69) is 36.2 Å². The standard InChI is InChI=1S/C14H16N2/c1-10-6-8-12(9-7-10)14-5-3-4-13(16-14)11(2)15/h3-9,11H,15H2,1-2H3. The molecule has 82 valence electrons. The Kier molecular flexibility index (Phi) is 3.02. The number of rotatable bonds is 2. The zero-order valence-corrected chi connectivity index (χ0v) is 9.64. The van der Waals surface area contributed by atoms with Gasteiger partial charge in [0.25, 0.3) is 0 Å². The maximum atomic E-state index is 5.82. The number of hydrogen-bond donors (Lipinski definition) is 1. The van der Waals surface area contributed by atoms with E-state index in [4.69, 9.17) is 5.73 Å². The third-order valence-corrected chi connectivity index (χ3v) is 2.58. The van der Waals surface area contributed by atoms with Gasteiger partial charge in [-0.3, -0.25) is 4.98 Å². The molecule has 0 saturated carbocycles. The zero-order chi connectivity index (χ0) is 11.5. The molecule has 0 aliphatic rings. The van der Waals surface area contributed by atoms with Crippen LogP contribution in [0, 0.1) is 6.92 Å². The van der Waals surface area contributed by atoms with Gasteiger partial charge in [0.2, 0.25) is 0 Å². The number of nitrogens with zero attached hydrogens (tertiary/aromatic N) is 1. The van der Waals surface area contributed by atoms with Crippen molar-refractivity contribution >= 4 is 0 Å². The van der Waals surface area contributed by atoms with Crippen LogP contribution in [0.1, 0.15) is 24.2 Å². The molecule has 16 heavy (non-hydrogen) atoms. The Morgan fingerprint density at radius 1 is 1.06 bits per heavy atom. The van der Waals surface area contributed by atoms with Crippen molar-refractivity contribution in [1.82, 2.24) is 4.98 Å². The summed E-state index contributed by atoms with van der Waals surface area (Å²) < 4.78 is 0. The van der Waals surface area contributed by atoms with Crippen LogP contribution in [-0.2, 0) is 0 Å². The quantitative estimate of drug-likeness (QED) is 0.830. The summed E-state index contributed by atoms with van der Waals surface area (Å²) >= 11 is 0. The highest BCUT2D eigenvalue weighted by Crippen LogP contribution is 2.19. The van der Waals surface area contributed by atoms with Gasteiger partial charge < -0.3 is 5.73 Å². The first-order valence-electron chi connectivity index (χ1n) is 5.46. The third-order valence-electron chi connectivity index (χ3n) is 2.58. The third kappa shape index (κ3) is 2.28. The molecular formula is C14H16N2. The predicted octanol–water partition coefficient (Wildman–Crippen LogP) is 3.08. The summed E-state index contributed by atoms with van der Waals surface area (Å²) in [6.07, 6.45) is 0. The molecule has 1 heterocycles. The summed E-state index contributed by atoms with van der Waals surface area (Å²) in [4.78, 5) is 4.55. The zero-order valence-electron chi connectivity index (χ0n) is 9.64. The minimum absolute atomic E-state index is 0.0228. The van der Waals surface area contributed by atoms with Gasteiger partial charge in [0.1, 0.15) is 0 Å². The van der Waals surface area contributed by atoms with Crippen molar-refractivity contribution in [3.8, 4) is 11.3 Å². The highest BCUT2D eigenvalue weighted by Gasteiger charge is 2.03. The Morgan fingerprint density at radius 3 is 2.38 bits per heavy atom. The van der Waals surface area contributed by atoms with E-state index < -0.39 is 0 Å². The van der Waals surface area contributed by atoms with Crippen molar-refractivity contribution in [2.45, 2.75) is 19.9 Å². The second kappa shape index (κ2) is 4.45. The normalized spacial score (nSPS) is 12.4. The summed E-state index contributed by atoms with van der Waals surface area (Å²) in [6.45, 7) is 4.02. The van der Waals surface area contributed by atoms with E-state index in [1.807, 2.05) is 25.1 Å². The summed E-state index contributed by atoms with van der Waals surface area (Å²) in [5.41, 5.74) is 10.1. The van der Waals surface area contributed by atoms with E-state index in [-0.39, 0.29) is 6.04 Å². The molecule has 2 rings (SSSR count). The average Bonchev–Trinajstić information content (AvgIpc) is 2.30. The second-order valence-corrected chi connectivity index (χ2v) is 4.10. The van der Waals surface area contributed by atoms with Crippen LogP contribution in [0.25, 0.3) is 11.3 Å². The topological polar surface area (TPSA) is 38.9 Å². The molecule has 2 aromatic rings. The van der Waals surface area contributed by atoms with E-state index in [0.29, 0.717) is 0 Å². The molecule has 0 fully saturated rings. The molecule has 0 aliphatic heterocycles. The highest BCUT2D eigenvalue weighted by atomic mass is 14.8. The summed E-state index contributed by atoms with van der Waals surface area (Å²) in [6, 6.07) is 14.3. The summed E-state index contributed by atoms with van der Waals surface area (Å²) in [7, 11) is 0. The van der Waals surface area contributed by atoms with Crippen LogP contribution in [-0.4, -0.2) is 4.98 Å². The molecule has 1 aromatic carbocycles. The fourth-order valence-corrected chi connectivity index (χ4v) is 1.59. The van der Waals surface area contributed by atoms with Crippen molar-refractivity contribution in [3.05, 3.63) is 53.7 Å². The number of hydrogen-bond acceptors (Lipinski definition) is 2. The van der Waals surface area contributed by atoms with Gasteiger partial charge in [-0.1, -0.05) is 35.9 Å². The lowest BCUT2D eigenvalue weighted by molar-refractivity contribution is 0.782. The first-order valence-corrected chi connectivity index (χ1v) is 5.46. The lowest BCUT2D eigenvalue weighted by Crippen LogP contribution is -2.07. The monoisotopic (exact) mass is 212 g/mol. The lowest BCUT2D eigenvalue weighted by Gasteiger charge is -2.07. The van der Waals surface area contributed by atoms with Crippen molar-refractivity contribution < 1.29 is 0 Å². The Labute approximate surface area is 96.1 Å². The average molecular weight is 212 g/mol. The predicted molar refractivity (Wildman–Crippen MR) is 67.0 cm³/mol. The molecular weight excluding hydrogens is 196 g/mol. The number of nitrogens with two attached hydrogens (primary N) is 1. The first kappa shape index (κ1) is 10.8. The Morgan fingerprint density at radius 2 is 1.75 bits per heavy atom. The van der Waals surface area contributed by atoms with Crippen LogP contribution >= 0.6 is 0 Å². The molecule has 1 unspecified atom stereocenters. The molecule has 0 spiro atoms. The molecule has 2 N–H and O–H groups in total. The van der Waals surface area contributed by atoms with Gasteiger partial charge in [-0.2, -0.15) is 0 Å². The van der Waals surface area contributed by atoms with E-state index in [1.54, 1.807) is 0 Å². The van der Waals surface area contributed by atoms with Crippen LogP contribution in [0.4, 0.5) is 0 Å². The van der Waals surface area contributed by atoms with E-state index in [0.717, 1.165) is 17.0 Å². The van der Waals surface area contributed by atoms with Gasteiger partial charge in [-0.15, -0.1) is 0 Å². The number of benzene rings is 1. The van der Waals surface area contributed by atoms with Crippen molar-refractivity contribution in [2.24, 2.45) is 5.73 Å². The fourth-order valence-electron chi connectivity index (χ4n) is 1.59. The van der Waals surface area contributed by atoms with Crippen LogP contribution < -0.4 is 5.73 Å². The van der Waals surface area contributed by atoms with Crippen LogP contribution in [0.15, 0.2) is 42.5 Å². The van der Waals surface area contributed by atoms with Crippen LogP contribution in [0.5, 0.6) is 0 Å². The summed E-state index contributed by atoms with van der Waals surface area (Å²) in [5, 5.41) is 0. The van der Waals surface area contributed by atoms with E-state index in [1.165, 1.54) is 5.56 Å². The molecule has 0 bridgehead atoms. The smallest absolute Gasteiger partial charge is 0.0706 e. The van der Waals surface area contributed by atoms with Crippen molar-refractivity contribution in [1.29, 1.82) is 0 Å². The van der Waals surface area contributed by atoms with Gasteiger partial charge >= 0.3 is 0 Å². The highest BCUT2D eigenvalue weighted by molar-refractivity contribution is 5.59. The largest absolute Gasteiger partial charge is 0.323 e. The molecule has 2 nitrogen and oxygen atoms in total. The molecule has 0 saturated heterocycles. The maximum absolute atomic E-state index is 5.82. The van der Waals surface area contributed by atoms with Gasteiger partial charge in [-0.25, -0.2) is 0 Å². The number of pyridine rings is 1. The van der Waals surface area contributed by atoms with E-state index >= 15 is 0 Å². The van der Waals surface area contributed by atoms with Gasteiger partial charge in [0.15, 0.2) is 0 Å². The van der Waals surface area contributed by atoms with Crippen molar-refractivity contribution in [3.63, 3.8) is 0 Å². The Hall–Kier alpha value is -1.67. The Bertz CT molecular complexity index is 472. The second-order valence-electron chi connectivity index (χ2n) is 4.10. The van der Waals surface area contributed by atoms with Gasteiger partial charge in [-0.05, 0) is 26.0 Å². The maximum Gasteiger partial charge on any atom is 0.0706 e. The molecule has 0 radical (unpaired) electrons. The van der Waals surface area contributed by atoms with Crippen LogP contribution in [0.2, 0.25) is 0 Å². The summed E-state index contributed by atoms with van der Waals surface area (Å²) in [5.74, 6) is 0. The first-order chi connectivity index (χ1) is 7.66. The SMILES string of the molecule is Cc1ccc(-c2cccc(C(C)N)n2)cc1. The minimum Gasteiger partial charge on any atom is -0.323 e. The molecule has 0 aliphatic carbocycles. The van der Waals surface area contributed by atoms with Crippen LogP contribution in [0.3, 0.4) is 0 Å². The van der Waals surface area contributed by atoms with E-state index in [9.17, 15) is 0 Å². The number of aryl methyl sites for hydroxylation is 1. The molecule has 1 aromatic heterocycles. The van der Waals surface area contributed by atoms with Gasteiger partial charge in [0.05, 0.1) is 11.4 Å². The molecule has 0 amide bonds. The minimum atomic E-state index is -0.0228. The lowest BCUT2D eigenvalue weighted by atomic mass is 10.1. The number of aromatic nitrogens is 1. The van der Waals surface area contributed by atoms with Gasteiger partial charge in [0, 0.05) is 11.6 Å². The Balaban J connectivity index is 2.40. The fraction of sp³-hybridized carbons (Fsp3) is 0.214. The molecule has 2 heteroatoms.